The number of carbonyl (C=O) groups is 2. The van der Waals surface area contributed by atoms with Gasteiger partial charge < -0.3 is 9.64 Å². The van der Waals surface area contributed by atoms with Gasteiger partial charge in [0.2, 0.25) is 5.91 Å². The summed E-state index contributed by atoms with van der Waals surface area (Å²) in [4.78, 5) is 25.3. The van der Waals surface area contributed by atoms with Gasteiger partial charge in [-0.2, -0.15) is 0 Å². The molecule has 0 saturated carbocycles. The lowest BCUT2D eigenvalue weighted by Crippen LogP contribution is -2.35. The van der Waals surface area contributed by atoms with Gasteiger partial charge in [-0.15, -0.1) is 0 Å². The first-order valence-corrected chi connectivity index (χ1v) is 16.2. The molecule has 0 spiro atoms. The molecule has 1 amide bonds. The second-order valence-corrected chi connectivity index (χ2v) is 12.3. The summed E-state index contributed by atoms with van der Waals surface area (Å²) in [6, 6.07) is 23.3. The van der Waals surface area contributed by atoms with E-state index in [4.69, 9.17) is 10.1 Å². The molecule has 3 aromatic carbocycles. The smallest absolute Gasteiger partial charge is 0.227 e. The van der Waals surface area contributed by atoms with Gasteiger partial charge in [-0.3, -0.25) is 15.0 Å². The van der Waals surface area contributed by atoms with Crippen molar-refractivity contribution in [1.29, 1.82) is 5.41 Å². The third kappa shape index (κ3) is 11.7. The fourth-order valence-electron chi connectivity index (χ4n) is 4.97. The highest BCUT2D eigenvalue weighted by atomic mass is 16.5. The number of hydrogen-bond acceptors (Lipinski definition) is 4. The van der Waals surface area contributed by atoms with Gasteiger partial charge in [0.1, 0.15) is 17.4 Å². The second-order valence-electron chi connectivity index (χ2n) is 12.3. The number of benzene rings is 3. The van der Waals surface area contributed by atoms with Gasteiger partial charge in [0.05, 0.1) is 6.61 Å². The maximum atomic E-state index is 12.0. The zero-order valence-corrected chi connectivity index (χ0v) is 28.4. The minimum absolute atomic E-state index is 0.00669. The molecule has 44 heavy (non-hydrogen) atoms. The number of ether oxygens (including phenoxy) is 1. The van der Waals surface area contributed by atoms with Gasteiger partial charge in [0, 0.05) is 31.4 Å². The number of rotatable bonds is 13. The van der Waals surface area contributed by atoms with E-state index in [0.717, 1.165) is 48.1 Å². The summed E-state index contributed by atoms with van der Waals surface area (Å²) in [6.07, 6.45) is 5.07. The third-order valence-electron chi connectivity index (χ3n) is 7.57. The zero-order chi connectivity index (χ0) is 32.7. The first-order chi connectivity index (χ1) is 20.9. The Labute approximate surface area is 266 Å². The average Bonchev–Trinajstić information content (AvgIpc) is 3.00. The Morgan fingerprint density at radius 3 is 2.11 bits per heavy atom. The molecule has 3 rings (SSSR count). The lowest BCUT2D eigenvalue weighted by atomic mass is 9.86. The van der Waals surface area contributed by atoms with E-state index in [9.17, 15) is 9.59 Å². The van der Waals surface area contributed by atoms with E-state index in [-0.39, 0.29) is 17.1 Å². The zero-order valence-electron chi connectivity index (χ0n) is 28.4. The molecule has 0 radical (unpaired) electrons. The van der Waals surface area contributed by atoms with Crippen LogP contribution in [0.4, 0.5) is 0 Å². The number of amides is 1. The van der Waals surface area contributed by atoms with E-state index in [0.29, 0.717) is 38.2 Å². The molecule has 5 heteroatoms. The Kier molecular flexibility index (Phi) is 15.1. The number of nitrogens with one attached hydrogen (secondary N) is 1. The van der Waals surface area contributed by atoms with Crippen molar-refractivity contribution in [3.05, 3.63) is 89.0 Å². The van der Waals surface area contributed by atoms with Crippen LogP contribution in [0.25, 0.3) is 11.1 Å². The van der Waals surface area contributed by atoms with Crippen molar-refractivity contribution < 1.29 is 14.3 Å². The molecule has 0 unspecified atom stereocenters. The Morgan fingerprint density at radius 1 is 0.864 bits per heavy atom. The molecule has 5 nitrogen and oxygen atoms in total. The van der Waals surface area contributed by atoms with Crippen LogP contribution in [0.5, 0.6) is 5.75 Å². The molecule has 0 aliphatic heterocycles. The molecule has 0 aliphatic rings. The van der Waals surface area contributed by atoms with Gasteiger partial charge in [0.25, 0.3) is 0 Å². The lowest BCUT2D eigenvalue weighted by molar-refractivity contribution is -0.127. The minimum Gasteiger partial charge on any atom is -0.493 e. The summed E-state index contributed by atoms with van der Waals surface area (Å²) in [5, 5.41) is 8.24. The molecule has 3 aromatic rings. The summed E-state index contributed by atoms with van der Waals surface area (Å²) in [6.45, 7) is 17.5. The van der Waals surface area contributed by atoms with Crippen LogP contribution in [0.2, 0.25) is 0 Å². The molecule has 0 heterocycles. The first kappa shape index (κ1) is 36.5. The highest BCUT2D eigenvalue weighted by Gasteiger charge is 2.15. The van der Waals surface area contributed by atoms with Crippen molar-refractivity contribution in [2.75, 3.05) is 13.2 Å². The van der Waals surface area contributed by atoms with Crippen LogP contribution in [0.15, 0.2) is 66.7 Å². The van der Waals surface area contributed by atoms with Crippen molar-refractivity contribution in [2.45, 2.75) is 106 Å². The summed E-state index contributed by atoms with van der Waals surface area (Å²) < 4.78 is 5.83. The third-order valence-corrected chi connectivity index (χ3v) is 7.57. The molecule has 238 valence electrons. The Hall–Kier alpha value is -3.73. The van der Waals surface area contributed by atoms with Gasteiger partial charge >= 0.3 is 0 Å². The largest absolute Gasteiger partial charge is 0.493 e. The molecule has 0 atom stereocenters. The van der Waals surface area contributed by atoms with Crippen molar-refractivity contribution in [1.82, 2.24) is 4.90 Å². The summed E-state index contributed by atoms with van der Waals surface area (Å²) in [5.41, 5.74) is 7.39. The van der Waals surface area contributed by atoms with E-state index in [1.165, 1.54) is 16.7 Å². The maximum absolute atomic E-state index is 12.0. The Morgan fingerprint density at radius 2 is 1.55 bits per heavy atom. The molecule has 0 bridgehead atoms. The molecular formula is C39H54N2O3. The normalized spacial score (nSPS) is 10.9. The van der Waals surface area contributed by atoms with E-state index in [1.54, 1.807) is 11.8 Å². The van der Waals surface area contributed by atoms with Crippen molar-refractivity contribution in [3.8, 4) is 16.9 Å². The summed E-state index contributed by atoms with van der Waals surface area (Å²) >= 11 is 0. The van der Waals surface area contributed by atoms with Crippen LogP contribution in [0.3, 0.4) is 0 Å². The number of nitrogens with zero attached hydrogens (tertiary/aromatic N) is 1. The summed E-state index contributed by atoms with van der Waals surface area (Å²) in [7, 11) is 0. The predicted octanol–water partition coefficient (Wildman–Crippen LogP) is 9.38. The minimum atomic E-state index is 0.00669. The van der Waals surface area contributed by atoms with Gasteiger partial charge in [-0.25, -0.2) is 0 Å². The monoisotopic (exact) mass is 598 g/mol. The number of amidine groups is 1. The molecule has 0 aliphatic carbocycles. The van der Waals surface area contributed by atoms with Gasteiger partial charge in [0.15, 0.2) is 0 Å². The molecule has 0 saturated heterocycles. The predicted molar refractivity (Wildman–Crippen MR) is 185 cm³/mol. The van der Waals surface area contributed by atoms with Crippen molar-refractivity contribution >= 4 is 17.5 Å². The lowest BCUT2D eigenvalue weighted by Gasteiger charge is -2.21. The van der Waals surface area contributed by atoms with Crippen LogP contribution in [-0.4, -0.2) is 35.6 Å². The van der Waals surface area contributed by atoms with Crippen molar-refractivity contribution in [3.63, 3.8) is 0 Å². The standard InChI is InChI=1S/C27H36N2O3.C12H18/c1-5-16-32-25-15-14-23(19-24(25)17-20(4)30)22-12-8-10-21(18-22)11-9-13-26(28)29(7-3)27(31)6-2;1-5-10-6-8-11(9-7-10)12(2,3)4/h8,10,12,14-15,18-19,28H,5-7,9,11,13,16-17H2,1-4H3;6-9H,5H2,1-4H3. The van der Waals surface area contributed by atoms with Crippen LogP contribution in [0.1, 0.15) is 103 Å². The Bertz CT molecular complexity index is 1350. The van der Waals surface area contributed by atoms with E-state index >= 15 is 0 Å². The number of hydrogen-bond donors (Lipinski definition) is 1. The molecule has 0 aromatic heterocycles. The second kappa shape index (κ2) is 18.2. The van der Waals surface area contributed by atoms with Crippen molar-refractivity contribution in [2.24, 2.45) is 0 Å². The summed E-state index contributed by atoms with van der Waals surface area (Å²) in [5.74, 6) is 1.30. The first-order valence-electron chi connectivity index (χ1n) is 16.2. The number of ketones is 1. The quantitative estimate of drug-likeness (QED) is 0.157. The molecule has 1 N–H and O–H groups in total. The maximum Gasteiger partial charge on any atom is 0.227 e. The fourth-order valence-corrected chi connectivity index (χ4v) is 4.97. The van der Waals surface area contributed by atoms with E-state index in [2.05, 4.69) is 83.1 Å². The average molecular weight is 599 g/mol. The number of Topliss-reactive ketones (excluding diaryl/α,β-unsaturated/α-hetero) is 1. The van der Waals surface area contributed by atoms with Gasteiger partial charge in [-0.1, -0.05) is 96.1 Å². The van der Waals surface area contributed by atoms with Crippen LogP contribution in [-0.2, 0) is 34.3 Å². The van der Waals surface area contributed by atoms with Gasteiger partial charge in [-0.05, 0) is 84.9 Å². The Balaban J connectivity index is 0.000000469. The highest BCUT2D eigenvalue weighted by molar-refractivity contribution is 5.96. The van der Waals surface area contributed by atoms with Crippen LogP contribution < -0.4 is 4.74 Å². The molecular weight excluding hydrogens is 544 g/mol. The topological polar surface area (TPSA) is 70.5 Å². The van der Waals surface area contributed by atoms with E-state index in [1.807, 2.05) is 32.0 Å². The fraction of sp³-hybridized carbons (Fsp3) is 0.462. The number of aryl methyl sites for hydroxylation is 2. The number of carbonyl (C=O) groups excluding carboxylic acids is 2. The molecule has 0 fully saturated rings. The van der Waals surface area contributed by atoms with Crippen LogP contribution >= 0.6 is 0 Å². The van der Waals surface area contributed by atoms with E-state index < -0.39 is 0 Å². The highest BCUT2D eigenvalue weighted by Crippen LogP contribution is 2.29. The SMILES string of the molecule is CCCOc1ccc(-c2cccc(CCCC(=N)N(CC)C(=O)CC)c2)cc1CC(C)=O.CCc1ccc(C(C)(C)C)cc1. The van der Waals surface area contributed by atoms with Crippen LogP contribution in [0, 0.1) is 5.41 Å².